The molecule has 5 heteroatoms. The zero-order valence-corrected chi connectivity index (χ0v) is 15.6. The van der Waals surface area contributed by atoms with Crippen LogP contribution in [0.15, 0.2) is 88.3 Å². The van der Waals surface area contributed by atoms with Crippen molar-refractivity contribution in [2.75, 3.05) is 0 Å². The van der Waals surface area contributed by atoms with Crippen LogP contribution in [0.5, 0.6) is 11.6 Å². The standard InChI is InChI=1S/C24H16N2O3/c1-15-11-12-20-18(13-15)21(27)23(22(28-20)16-7-3-2-4-8-16)29-24-17-9-5-6-10-19(17)25-14-26-24/h2-14H,1H3. The fourth-order valence-electron chi connectivity index (χ4n) is 3.32. The first kappa shape index (κ1) is 17.1. The van der Waals surface area contributed by atoms with E-state index in [4.69, 9.17) is 9.15 Å². The molecule has 0 aliphatic rings. The van der Waals surface area contributed by atoms with E-state index in [9.17, 15) is 4.79 Å². The Morgan fingerprint density at radius 1 is 0.862 bits per heavy atom. The summed E-state index contributed by atoms with van der Waals surface area (Å²) in [4.78, 5) is 21.9. The normalized spacial score (nSPS) is 11.1. The first-order valence-corrected chi connectivity index (χ1v) is 9.21. The van der Waals surface area contributed by atoms with E-state index in [0.717, 1.165) is 22.0 Å². The van der Waals surface area contributed by atoms with Crippen LogP contribution in [-0.4, -0.2) is 9.97 Å². The van der Waals surface area contributed by atoms with Crippen LogP contribution in [0.4, 0.5) is 0 Å². The summed E-state index contributed by atoms with van der Waals surface area (Å²) < 4.78 is 12.2. The fourth-order valence-corrected chi connectivity index (χ4v) is 3.32. The van der Waals surface area contributed by atoms with Gasteiger partial charge in [0.15, 0.2) is 5.76 Å². The SMILES string of the molecule is Cc1ccc2oc(-c3ccccc3)c(Oc3ncnc4ccccc34)c(=O)c2c1. The maximum atomic E-state index is 13.4. The number of hydrogen-bond donors (Lipinski definition) is 0. The highest BCUT2D eigenvalue weighted by atomic mass is 16.5. The van der Waals surface area contributed by atoms with E-state index in [1.54, 1.807) is 6.07 Å². The van der Waals surface area contributed by atoms with Crippen molar-refractivity contribution in [3.63, 3.8) is 0 Å². The van der Waals surface area contributed by atoms with E-state index in [-0.39, 0.29) is 11.2 Å². The van der Waals surface area contributed by atoms with Crippen molar-refractivity contribution in [3.8, 4) is 23.0 Å². The number of fused-ring (bicyclic) bond motifs is 2. The molecule has 0 atom stereocenters. The van der Waals surface area contributed by atoms with Gasteiger partial charge in [-0.3, -0.25) is 4.79 Å². The molecule has 0 N–H and O–H groups in total. The first-order chi connectivity index (χ1) is 14.2. The Balaban J connectivity index is 1.79. The highest BCUT2D eigenvalue weighted by molar-refractivity contribution is 5.85. The zero-order chi connectivity index (χ0) is 19.8. The van der Waals surface area contributed by atoms with Gasteiger partial charge in [-0.15, -0.1) is 0 Å². The van der Waals surface area contributed by atoms with Crippen molar-refractivity contribution >= 4 is 21.9 Å². The third-order valence-corrected chi connectivity index (χ3v) is 4.75. The van der Waals surface area contributed by atoms with E-state index in [1.165, 1.54) is 6.33 Å². The lowest BCUT2D eigenvalue weighted by molar-refractivity contribution is 0.446. The lowest BCUT2D eigenvalue weighted by Crippen LogP contribution is -2.08. The van der Waals surface area contributed by atoms with E-state index >= 15 is 0 Å². The van der Waals surface area contributed by atoms with Crippen LogP contribution < -0.4 is 10.2 Å². The minimum Gasteiger partial charge on any atom is -0.452 e. The molecule has 0 unspecified atom stereocenters. The maximum Gasteiger partial charge on any atom is 0.235 e. The van der Waals surface area contributed by atoms with Crippen LogP contribution >= 0.6 is 0 Å². The van der Waals surface area contributed by atoms with Gasteiger partial charge >= 0.3 is 0 Å². The number of benzene rings is 3. The quantitative estimate of drug-likeness (QED) is 0.413. The number of aryl methyl sites for hydroxylation is 1. The van der Waals surface area contributed by atoms with Crippen molar-refractivity contribution < 1.29 is 9.15 Å². The zero-order valence-electron chi connectivity index (χ0n) is 15.6. The molecule has 0 amide bonds. The highest BCUT2D eigenvalue weighted by Gasteiger charge is 2.20. The minimum absolute atomic E-state index is 0.109. The highest BCUT2D eigenvalue weighted by Crippen LogP contribution is 2.34. The molecular weight excluding hydrogens is 364 g/mol. The number of hydrogen-bond acceptors (Lipinski definition) is 5. The van der Waals surface area contributed by atoms with Crippen LogP contribution in [-0.2, 0) is 0 Å². The molecule has 5 aromatic rings. The average molecular weight is 380 g/mol. The van der Waals surface area contributed by atoms with Gasteiger partial charge in [-0.1, -0.05) is 54.1 Å². The Kier molecular flexibility index (Phi) is 4.06. The number of nitrogens with zero attached hydrogens (tertiary/aromatic N) is 2. The molecule has 0 saturated heterocycles. The van der Waals surface area contributed by atoms with Gasteiger partial charge < -0.3 is 9.15 Å². The summed E-state index contributed by atoms with van der Waals surface area (Å²) in [5.74, 6) is 0.792. The van der Waals surface area contributed by atoms with Gasteiger partial charge in [0.2, 0.25) is 17.1 Å². The molecule has 0 bridgehead atoms. The number of para-hydroxylation sites is 1. The Labute approximate surface area is 166 Å². The van der Waals surface area contributed by atoms with Gasteiger partial charge in [0, 0.05) is 5.56 Å². The largest absolute Gasteiger partial charge is 0.452 e. The van der Waals surface area contributed by atoms with Crippen LogP contribution in [0, 0.1) is 6.92 Å². The third-order valence-electron chi connectivity index (χ3n) is 4.75. The van der Waals surface area contributed by atoms with E-state index in [2.05, 4.69) is 9.97 Å². The molecular formula is C24H16N2O3. The van der Waals surface area contributed by atoms with Gasteiger partial charge in [0.25, 0.3) is 0 Å². The van der Waals surface area contributed by atoms with E-state index in [1.807, 2.05) is 73.7 Å². The molecule has 2 heterocycles. The minimum atomic E-state index is -0.239. The molecule has 0 aliphatic carbocycles. The average Bonchev–Trinajstić information content (AvgIpc) is 2.77. The molecule has 2 aromatic heterocycles. The smallest absolute Gasteiger partial charge is 0.235 e. The second kappa shape index (κ2) is 6.87. The number of ether oxygens (including phenoxy) is 1. The predicted octanol–water partition coefficient (Wildman–Crippen LogP) is 5.50. The molecule has 0 saturated carbocycles. The summed E-state index contributed by atoms with van der Waals surface area (Å²) in [5.41, 5.74) is 2.73. The van der Waals surface area contributed by atoms with Gasteiger partial charge in [-0.05, 0) is 31.2 Å². The summed E-state index contributed by atoms with van der Waals surface area (Å²) in [5, 5.41) is 1.19. The molecule has 5 rings (SSSR count). The second-order valence-corrected chi connectivity index (χ2v) is 6.75. The Morgan fingerprint density at radius 2 is 1.66 bits per heavy atom. The fraction of sp³-hybridized carbons (Fsp3) is 0.0417. The third kappa shape index (κ3) is 3.02. The topological polar surface area (TPSA) is 65.2 Å². The summed E-state index contributed by atoms with van der Waals surface area (Å²) in [6, 6.07) is 22.5. The van der Waals surface area contributed by atoms with E-state index in [0.29, 0.717) is 22.6 Å². The van der Waals surface area contributed by atoms with Gasteiger partial charge in [-0.2, -0.15) is 0 Å². The molecule has 29 heavy (non-hydrogen) atoms. The summed E-state index contributed by atoms with van der Waals surface area (Å²) >= 11 is 0. The summed E-state index contributed by atoms with van der Waals surface area (Å²) in [6.07, 6.45) is 1.42. The van der Waals surface area contributed by atoms with Crippen molar-refractivity contribution in [1.29, 1.82) is 0 Å². The molecule has 140 valence electrons. The molecule has 3 aromatic carbocycles. The first-order valence-electron chi connectivity index (χ1n) is 9.21. The summed E-state index contributed by atoms with van der Waals surface area (Å²) in [7, 11) is 0. The van der Waals surface area contributed by atoms with Crippen molar-refractivity contribution in [2.45, 2.75) is 6.92 Å². The monoisotopic (exact) mass is 380 g/mol. The van der Waals surface area contributed by atoms with Crippen molar-refractivity contribution in [1.82, 2.24) is 9.97 Å². The van der Waals surface area contributed by atoms with Crippen molar-refractivity contribution in [2.24, 2.45) is 0 Å². The van der Waals surface area contributed by atoms with Crippen LogP contribution in [0.25, 0.3) is 33.2 Å². The molecule has 0 aliphatic heterocycles. The number of rotatable bonds is 3. The Morgan fingerprint density at radius 3 is 2.52 bits per heavy atom. The Bertz CT molecular complexity index is 1400. The van der Waals surface area contributed by atoms with Gasteiger partial charge in [0.1, 0.15) is 11.9 Å². The lowest BCUT2D eigenvalue weighted by Gasteiger charge is -2.12. The summed E-state index contributed by atoms with van der Waals surface area (Å²) in [6.45, 7) is 1.93. The maximum absolute atomic E-state index is 13.4. The van der Waals surface area contributed by atoms with Gasteiger partial charge in [0.05, 0.1) is 16.3 Å². The predicted molar refractivity (Wildman–Crippen MR) is 112 cm³/mol. The van der Waals surface area contributed by atoms with Gasteiger partial charge in [-0.25, -0.2) is 9.97 Å². The number of aromatic nitrogens is 2. The lowest BCUT2D eigenvalue weighted by atomic mass is 10.1. The Hall–Kier alpha value is -3.99. The molecule has 0 spiro atoms. The van der Waals surface area contributed by atoms with Crippen LogP contribution in [0.1, 0.15) is 5.56 Å². The van der Waals surface area contributed by atoms with E-state index < -0.39 is 0 Å². The second-order valence-electron chi connectivity index (χ2n) is 6.75. The van der Waals surface area contributed by atoms with Crippen LogP contribution in [0.3, 0.4) is 0 Å². The van der Waals surface area contributed by atoms with Crippen molar-refractivity contribution in [3.05, 3.63) is 94.9 Å². The molecule has 0 fully saturated rings. The van der Waals surface area contributed by atoms with Crippen LogP contribution in [0.2, 0.25) is 0 Å². The molecule has 5 nitrogen and oxygen atoms in total. The molecule has 0 radical (unpaired) electrons.